The molecule has 0 radical (unpaired) electrons. The predicted molar refractivity (Wildman–Crippen MR) is 117 cm³/mol. The van der Waals surface area contributed by atoms with E-state index in [1.54, 1.807) is 7.11 Å². The molecule has 0 aromatic heterocycles. The molecule has 0 saturated carbocycles. The molecule has 2 aromatic carbocycles. The number of carbonyl (C=O) groups excluding carboxylic acids is 2. The number of hydrogen-bond acceptors (Lipinski definition) is 4. The van der Waals surface area contributed by atoms with E-state index in [4.69, 9.17) is 4.74 Å². The average Bonchev–Trinajstić information content (AvgIpc) is 3.31. The molecule has 1 aliphatic heterocycles. The second-order valence-corrected chi connectivity index (χ2v) is 7.79. The molecule has 172 valence electrons. The SMILES string of the molecule is COc1ccccc1C(CNC(=O)CCCNC(=O)c1ccc(F)cc1F)N1CCCC1. The Kier molecular flexibility index (Phi) is 8.56. The van der Waals surface area contributed by atoms with Crippen LogP contribution in [0, 0.1) is 11.6 Å². The van der Waals surface area contributed by atoms with Gasteiger partial charge in [0.25, 0.3) is 5.91 Å². The number of methoxy groups -OCH3 is 1. The third-order valence-electron chi connectivity index (χ3n) is 5.61. The van der Waals surface area contributed by atoms with E-state index >= 15 is 0 Å². The summed E-state index contributed by atoms with van der Waals surface area (Å²) in [4.78, 5) is 26.7. The van der Waals surface area contributed by atoms with E-state index < -0.39 is 17.5 Å². The first-order chi connectivity index (χ1) is 15.5. The van der Waals surface area contributed by atoms with Crippen LogP contribution in [0.25, 0.3) is 0 Å². The van der Waals surface area contributed by atoms with E-state index in [2.05, 4.69) is 15.5 Å². The van der Waals surface area contributed by atoms with Gasteiger partial charge in [-0.15, -0.1) is 0 Å². The van der Waals surface area contributed by atoms with Crippen molar-refractivity contribution in [3.05, 3.63) is 65.2 Å². The van der Waals surface area contributed by atoms with Crippen molar-refractivity contribution in [2.75, 3.05) is 33.3 Å². The van der Waals surface area contributed by atoms with E-state index in [-0.39, 0.29) is 30.5 Å². The van der Waals surface area contributed by atoms with Crippen LogP contribution in [0.2, 0.25) is 0 Å². The van der Waals surface area contributed by atoms with Gasteiger partial charge in [0.05, 0.1) is 18.7 Å². The summed E-state index contributed by atoms with van der Waals surface area (Å²) >= 11 is 0. The van der Waals surface area contributed by atoms with E-state index in [9.17, 15) is 18.4 Å². The van der Waals surface area contributed by atoms with Gasteiger partial charge in [-0.25, -0.2) is 8.78 Å². The van der Waals surface area contributed by atoms with Crippen molar-refractivity contribution >= 4 is 11.8 Å². The summed E-state index contributed by atoms with van der Waals surface area (Å²) in [5.74, 6) is -1.60. The average molecular weight is 446 g/mol. The quantitative estimate of drug-likeness (QED) is 0.550. The van der Waals surface area contributed by atoms with Crippen LogP contribution < -0.4 is 15.4 Å². The van der Waals surface area contributed by atoms with Crippen LogP contribution in [0.5, 0.6) is 5.75 Å². The summed E-state index contributed by atoms with van der Waals surface area (Å²) in [6.07, 6.45) is 2.90. The minimum absolute atomic E-state index is 0.0266. The second-order valence-electron chi connectivity index (χ2n) is 7.79. The third kappa shape index (κ3) is 6.26. The molecule has 1 unspecified atom stereocenters. The first-order valence-corrected chi connectivity index (χ1v) is 10.9. The molecule has 2 amide bonds. The van der Waals surface area contributed by atoms with Crippen LogP contribution >= 0.6 is 0 Å². The highest BCUT2D eigenvalue weighted by Gasteiger charge is 2.26. The number of nitrogens with zero attached hydrogens (tertiary/aromatic N) is 1. The lowest BCUT2D eigenvalue weighted by Crippen LogP contribution is -2.37. The number of para-hydroxylation sites is 1. The van der Waals surface area contributed by atoms with Crippen LogP contribution in [0.3, 0.4) is 0 Å². The standard InChI is InChI=1S/C24H29F2N3O3/c1-32-22-8-3-2-7-19(22)21(29-13-4-5-14-29)16-28-23(30)9-6-12-27-24(31)18-11-10-17(25)15-20(18)26/h2-3,7-8,10-11,15,21H,4-6,9,12-14,16H2,1H3,(H,27,31)(H,28,30). The van der Waals surface area contributed by atoms with E-state index in [0.29, 0.717) is 19.0 Å². The predicted octanol–water partition coefficient (Wildman–Crippen LogP) is 3.44. The van der Waals surface area contributed by atoms with Gasteiger partial charge in [-0.3, -0.25) is 14.5 Å². The maximum atomic E-state index is 13.7. The molecule has 1 heterocycles. The maximum Gasteiger partial charge on any atom is 0.254 e. The number of amides is 2. The van der Waals surface area contributed by atoms with Crippen molar-refractivity contribution in [1.29, 1.82) is 0 Å². The Balaban J connectivity index is 1.47. The van der Waals surface area contributed by atoms with Crippen molar-refractivity contribution < 1.29 is 23.1 Å². The number of halogens is 2. The fourth-order valence-corrected chi connectivity index (χ4v) is 3.95. The van der Waals surface area contributed by atoms with Crippen LogP contribution in [0.4, 0.5) is 8.78 Å². The van der Waals surface area contributed by atoms with Crippen LogP contribution in [0.1, 0.15) is 47.6 Å². The summed E-state index contributed by atoms with van der Waals surface area (Å²) in [7, 11) is 1.64. The van der Waals surface area contributed by atoms with Crippen molar-refractivity contribution in [2.45, 2.75) is 31.7 Å². The summed E-state index contributed by atoms with van der Waals surface area (Å²) in [6.45, 7) is 2.63. The van der Waals surface area contributed by atoms with Gasteiger partial charge >= 0.3 is 0 Å². The van der Waals surface area contributed by atoms with Crippen molar-refractivity contribution in [2.24, 2.45) is 0 Å². The molecule has 0 aliphatic carbocycles. The molecular weight excluding hydrogens is 416 g/mol. The van der Waals surface area contributed by atoms with Gasteiger partial charge in [0, 0.05) is 31.1 Å². The largest absolute Gasteiger partial charge is 0.496 e. The van der Waals surface area contributed by atoms with Crippen molar-refractivity contribution in [3.8, 4) is 5.75 Å². The van der Waals surface area contributed by atoms with Gasteiger partial charge in [-0.05, 0) is 50.6 Å². The number of rotatable bonds is 10. The monoisotopic (exact) mass is 445 g/mol. The Morgan fingerprint density at radius 1 is 1.09 bits per heavy atom. The fourth-order valence-electron chi connectivity index (χ4n) is 3.95. The molecule has 1 fully saturated rings. The normalized spacial score (nSPS) is 14.7. The molecule has 2 aromatic rings. The Hall–Kier alpha value is -3.00. The van der Waals surface area contributed by atoms with Gasteiger partial charge in [0.1, 0.15) is 17.4 Å². The third-order valence-corrected chi connectivity index (χ3v) is 5.61. The Labute approximate surface area is 186 Å². The molecule has 1 atom stereocenters. The van der Waals surface area contributed by atoms with Gasteiger partial charge < -0.3 is 15.4 Å². The molecule has 3 rings (SSSR count). The number of likely N-dealkylation sites (tertiary alicyclic amines) is 1. The molecule has 8 heteroatoms. The second kappa shape index (κ2) is 11.6. The van der Waals surface area contributed by atoms with Crippen LogP contribution in [0.15, 0.2) is 42.5 Å². The van der Waals surface area contributed by atoms with Gasteiger partial charge in [0.2, 0.25) is 5.91 Å². The minimum Gasteiger partial charge on any atom is -0.496 e. The van der Waals surface area contributed by atoms with E-state index in [1.807, 2.05) is 24.3 Å². The smallest absolute Gasteiger partial charge is 0.254 e. The zero-order valence-electron chi connectivity index (χ0n) is 18.2. The first kappa shape index (κ1) is 23.7. The molecule has 6 nitrogen and oxygen atoms in total. The highest BCUT2D eigenvalue weighted by atomic mass is 19.1. The molecule has 1 aliphatic rings. The number of carbonyl (C=O) groups is 2. The molecular formula is C24H29F2N3O3. The molecule has 1 saturated heterocycles. The molecule has 0 spiro atoms. The lowest BCUT2D eigenvalue weighted by Gasteiger charge is -2.29. The number of hydrogen-bond donors (Lipinski definition) is 2. The fraction of sp³-hybridized carbons (Fsp3) is 0.417. The van der Waals surface area contributed by atoms with E-state index in [1.165, 1.54) is 0 Å². The van der Waals surface area contributed by atoms with Crippen molar-refractivity contribution in [3.63, 3.8) is 0 Å². The maximum absolute atomic E-state index is 13.7. The van der Waals surface area contributed by atoms with Crippen molar-refractivity contribution in [1.82, 2.24) is 15.5 Å². The number of benzene rings is 2. The first-order valence-electron chi connectivity index (χ1n) is 10.9. The number of ether oxygens (including phenoxy) is 1. The zero-order chi connectivity index (χ0) is 22.9. The molecule has 32 heavy (non-hydrogen) atoms. The lowest BCUT2D eigenvalue weighted by atomic mass is 10.0. The number of nitrogens with one attached hydrogen (secondary N) is 2. The summed E-state index contributed by atoms with van der Waals surface area (Å²) in [5, 5.41) is 5.55. The van der Waals surface area contributed by atoms with Crippen LogP contribution in [-0.2, 0) is 4.79 Å². The highest BCUT2D eigenvalue weighted by molar-refractivity contribution is 5.94. The Bertz CT molecular complexity index is 932. The van der Waals surface area contributed by atoms with Gasteiger partial charge in [-0.2, -0.15) is 0 Å². The van der Waals surface area contributed by atoms with Gasteiger partial charge in [0.15, 0.2) is 0 Å². The summed E-state index contributed by atoms with van der Waals surface area (Å²) in [5.41, 5.74) is 0.826. The highest BCUT2D eigenvalue weighted by Crippen LogP contribution is 2.31. The van der Waals surface area contributed by atoms with Crippen LogP contribution in [-0.4, -0.2) is 50.0 Å². The Morgan fingerprint density at radius 2 is 1.84 bits per heavy atom. The summed E-state index contributed by atoms with van der Waals surface area (Å²) < 4.78 is 32.1. The summed E-state index contributed by atoms with van der Waals surface area (Å²) in [6, 6.07) is 10.7. The molecule has 0 bridgehead atoms. The topological polar surface area (TPSA) is 70.7 Å². The Morgan fingerprint density at radius 3 is 2.56 bits per heavy atom. The van der Waals surface area contributed by atoms with E-state index in [0.717, 1.165) is 49.4 Å². The minimum atomic E-state index is -0.912. The lowest BCUT2D eigenvalue weighted by molar-refractivity contribution is -0.121. The molecule has 2 N–H and O–H groups in total. The van der Waals surface area contributed by atoms with Gasteiger partial charge in [-0.1, -0.05) is 18.2 Å². The zero-order valence-corrected chi connectivity index (χ0v) is 18.2.